The van der Waals surface area contributed by atoms with Gasteiger partial charge in [-0.15, -0.1) is 0 Å². The Kier molecular flexibility index (Phi) is 4.81. The number of benzene rings is 1. The van der Waals surface area contributed by atoms with Gasteiger partial charge in [0.1, 0.15) is 0 Å². The van der Waals surface area contributed by atoms with Crippen molar-refractivity contribution in [3.63, 3.8) is 0 Å². The minimum absolute atomic E-state index is 0.0951. The van der Waals surface area contributed by atoms with Gasteiger partial charge < -0.3 is 10.0 Å². The Morgan fingerprint density at radius 1 is 1.13 bits per heavy atom. The van der Waals surface area contributed by atoms with Gasteiger partial charge >= 0.3 is 0 Å². The van der Waals surface area contributed by atoms with E-state index in [9.17, 15) is 8.78 Å². The van der Waals surface area contributed by atoms with Crippen molar-refractivity contribution in [2.24, 2.45) is 5.92 Å². The van der Waals surface area contributed by atoms with Crippen molar-refractivity contribution in [2.75, 3.05) is 18.0 Å². The lowest BCUT2D eigenvalue weighted by Crippen LogP contribution is -2.35. The zero-order valence-corrected chi connectivity index (χ0v) is 12.8. The average molecular weight is 319 g/mol. The maximum absolute atomic E-state index is 13.3. The molecular weight excluding hydrogens is 300 g/mol. The first-order valence-electron chi connectivity index (χ1n) is 7.77. The first-order chi connectivity index (χ1) is 11.2. The van der Waals surface area contributed by atoms with Crippen LogP contribution in [-0.2, 0) is 13.0 Å². The van der Waals surface area contributed by atoms with Gasteiger partial charge in [-0.25, -0.2) is 18.7 Å². The second-order valence-corrected chi connectivity index (χ2v) is 5.89. The molecule has 1 N–H and O–H groups in total. The number of hydrogen-bond donors (Lipinski definition) is 1. The van der Waals surface area contributed by atoms with Gasteiger partial charge in [0.05, 0.1) is 12.3 Å². The summed E-state index contributed by atoms with van der Waals surface area (Å²) in [4.78, 5) is 10.7. The van der Waals surface area contributed by atoms with Crippen LogP contribution in [0.1, 0.15) is 24.1 Å². The molecule has 2 heterocycles. The maximum Gasteiger partial charge on any atom is 0.225 e. The molecule has 0 atom stereocenters. The van der Waals surface area contributed by atoms with E-state index in [4.69, 9.17) is 5.11 Å². The van der Waals surface area contributed by atoms with Crippen molar-refractivity contribution in [3.05, 3.63) is 53.4 Å². The summed E-state index contributed by atoms with van der Waals surface area (Å²) in [5.41, 5.74) is 1.44. The zero-order chi connectivity index (χ0) is 16.2. The van der Waals surface area contributed by atoms with Gasteiger partial charge in [0.25, 0.3) is 0 Å². The Balaban J connectivity index is 1.58. The third kappa shape index (κ3) is 3.82. The van der Waals surface area contributed by atoms with Crippen LogP contribution in [0.4, 0.5) is 14.7 Å². The van der Waals surface area contributed by atoms with Gasteiger partial charge in [-0.2, -0.15) is 0 Å². The second-order valence-electron chi connectivity index (χ2n) is 5.89. The Labute approximate surface area is 133 Å². The van der Waals surface area contributed by atoms with Crippen molar-refractivity contribution >= 4 is 5.95 Å². The van der Waals surface area contributed by atoms with E-state index in [1.54, 1.807) is 18.3 Å². The van der Waals surface area contributed by atoms with Crippen molar-refractivity contribution in [3.8, 4) is 0 Å². The van der Waals surface area contributed by atoms with Gasteiger partial charge in [0.2, 0.25) is 5.95 Å². The van der Waals surface area contributed by atoms with Crippen LogP contribution in [-0.4, -0.2) is 28.2 Å². The maximum atomic E-state index is 13.3. The molecule has 0 aliphatic carbocycles. The number of hydrogen-bond acceptors (Lipinski definition) is 4. The lowest BCUT2D eigenvalue weighted by atomic mass is 9.90. The SMILES string of the molecule is OCc1ccnc(N2CCC(Cc3ccc(F)c(F)c3)CC2)n1. The van der Waals surface area contributed by atoms with Crippen LogP contribution in [0.3, 0.4) is 0 Å². The lowest BCUT2D eigenvalue weighted by Gasteiger charge is -2.32. The normalized spacial score (nSPS) is 15.9. The average Bonchev–Trinajstić information content (AvgIpc) is 2.59. The van der Waals surface area contributed by atoms with Gasteiger partial charge in [-0.3, -0.25) is 0 Å². The zero-order valence-electron chi connectivity index (χ0n) is 12.8. The molecule has 23 heavy (non-hydrogen) atoms. The Bertz CT molecular complexity index is 673. The summed E-state index contributed by atoms with van der Waals surface area (Å²) in [6.07, 6.45) is 4.31. The number of aliphatic hydroxyl groups excluding tert-OH is 1. The minimum Gasteiger partial charge on any atom is -0.390 e. The molecule has 0 amide bonds. The topological polar surface area (TPSA) is 49.3 Å². The lowest BCUT2D eigenvalue weighted by molar-refractivity contribution is 0.276. The molecule has 0 spiro atoms. The number of aliphatic hydroxyl groups is 1. The molecule has 1 aromatic heterocycles. The van der Waals surface area contributed by atoms with E-state index in [0.29, 0.717) is 17.6 Å². The van der Waals surface area contributed by atoms with E-state index in [0.717, 1.165) is 37.9 Å². The molecule has 4 nitrogen and oxygen atoms in total. The van der Waals surface area contributed by atoms with Gasteiger partial charge in [-0.1, -0.05) is 6.07 Å². The highest BCUT2D eigenvalue weighted by Crippen LogP contribution is 2.24. The highest BCUT2D eigenvalue weighted by Gasteiger charge is 2.21. The molecule has 3 rings (SSSR count). The number of anilines is 1. The molecule has 1 fully saturated rings. The third-order valence-electron chi connectivity index (χ3n) is 4.27. The van der Waals surface area contributed by atoms with Gasteiger partial charge in [0.15, 0.2) is 11.6 Å². The van der Waals surface area contributed by atoms with E-state index in [2.05, 4.69) is 14.9 Å². The summed E-state index contributed by atoms with van der Waals surface area (Å²) in [7, 11) is 0. The number of aromatic nitrogens is 2. The summed E-state index contributed by atoms with van der Waals surface area (Å²) in [5.74, 6) is -0.501. The van der Waals surface area contributed by atoms with Crippen molar-refractivity contribution in [1.29, 1.82) is 0 Å². The van der Waals surface area contributed by atoms with Crippen LogP contribution in [0.2, 0.25) is 0 Å². The quantitative estimate of drug-likeness (QED) is 0.941. The molecule has 122 valence electrons. The number of rotatable bonds is 4. The van der Waals surface area contributed by atoms with Crippen LogP contribution in [0.15, 0.2) is 30.5 Å². The van der Waals surface area contributed by atoms with Crippen LogP contribution in [0, 0.1) is 17.6 Å². The first-order valence-corrected chi connectivity index (χ1v) is 7.77. The van der Waals surface area contributed by atoms with Gasteiger partial charge in [0, 0.05) is 19.3 Å². The Hall–Kier alpha value is -2.08. The van der Waals surface area contributed by atoms with E-state index < -0.39 is 11.6 Å². The third-order valence-corrected chi connectivity index (χ3v) is 4.27. The monoisotopic (exact) mass is 319 g/mol. The Morgan fingerprint density at radius 2 is 1.91 bits per heavy atom. The summed E-state index contributed by atoms with van der Waals surface area (Å²) >= 11 is 0. The number of halogens is 2. The predicted octanol–water partition coefficient (Wildman–Crippen LogP) is 2.71. The fourth-order valence-electron chi connectivity index (χ4n) is 2.96. The molecule has 1 saturated heterocycles. The summed E-state index contributed by atoms with van der Waals surface area (Å²) in [5, 5.41) is 9.14. The van der Waals surface area contributed by atoms with Gasteiger partial charge in [-0.05, 0) is 48.9 Å². The van der Waals surface area contributed by atoms with E-state index in [1.165, 1.54) is 12.1 Å². The molecule has 1 aromatic carbocycles. The first kappa shape index (κ1) is 15.8. The summed E-state index contributed by atoms with van der Waals surface area (Å²) in [6.45, 7) is 1.55. The standard InChI is InChI=1S/C17H19F2N3O/c18-15-2-1-13(10-16(15)19)9-12-4-7-22(8-5-12)17-20-6-3-14(11-23)21-17/h1-3,6,10,12,23H,4-5,7-9,11H2. The summed E-state index contributed by atoms with van der Waals surface area (Å²) < 4.78 is 26.2. The number of nitrogens with zero attached hydrogens (tertiary/aromatic N) is 3. The van der Waals surface area contributed by atoms with Crippen molar-refractivity contribution in [1.82, 2.24) is 9.97 Å². The largest absolute Gasteiger partial charge is 0.390 e. The molecule has 0 bridgehead atoms. The van der Waals surface area contributed by atoms with Crippen LogP contribution < -0.4 is 4.90 Å². The molecule has 6 heteroatoms. The van der Waals surface area contributed by atoms with E-state index in [1.807, 2.05) is 0 Å². The minimum atomic E-state index is -0.801. The van der Waals surface area contributed by atoms with Crippen LogP contribution >= 0.6 is 0 Å². The summed E-state index contributed by atoms with van der Waals surface area (Å²) in [6, 6.07) is 5.82. The van der Waals surface area contributed by atoms with Crippen LogP contribution in [0.5, 0.6) is 0 Å². The highest BCUT2D eigenvalue weighted by atomic mass is 19.2. The molecule has 1 aliphatic rings. The molecule has 0 saturated carbocycles. The molecule has 2 aromatic rings. The van der Waals surface area contributed by atoms with E-state index >= 15 is 0 Å². The number of piperidine rings is 1. The molecular formula is C17H19F2N3O. The Morgan fingerprint density at radius 3 is 2.61 bits per heavy atom. The van der Waals surface area contributed by atoms with Crippen molar-refractivity contribution < 1.29 is 13.9 Å². The molecule has 1 aliphatic heterocycles. The van der Waals surface area contributed by atoms with E-state index in [-0.39, 0.29) is 6.61 Å². The fraction of sp³-hybridized carbons (Fsp3) is 0.412. The smallest absolute Gasteiger partial charge is 0.225 e. The van der Waals surface area contributed by atoms with Crippen molar-refractivity contribution in [2.45, 2.75) is 25.9 Å². The van der Waals surface area contributed by atoms with Crippen LogP contribution in [0.25, 0.3) is 0 Å². The molecule has 0 radical (unpaired) electrons. The molecule has 0 unspecified atom stereocenters. The highest BCUT2D eigenvalue weighted by molar-refractivity contribution is 5.31. The fourth-order valence-corrected chi connectivity index (χ4v) is 2.96. The second kappa shape index (κ2) is 7.00. The predicted molar refractivity (Wildman–Crippen MR) is 83.0 cm³/mol.